The van der Waals surface area contributed by atoms with E-state index in [0.717, 1.165) is 49.7 Å². The van der Waals surface area contributed by atoms with Gasteiger partial charge >= 0.3 is 6.03 Å². The molecule has 2 N–H and O–H groups in total. The first-order chi connectivity index (χ1) is 13.1. The van der Waals surface area contributed by atoms with Crippen molar-refractivity contribution in [3.8, 4) is 11.5 Å². The number of benzene rings is 2. The van der Waals surface area contributed by atoms with Gasteiger partial charge in [0, 0.05) is 24.8 Å². The molecule has 0 unspecified atom stereocenters. The standard InChI is InChI=1S/C22H29N3O2/c1-3-14-25-15-12-19(13-16-25)24-22(26)23-18-6-10-21(11-7-18)27-20-8-4-17(2)5-9-20/h4-11,19H,3,12-16H2,1-2H3,(H2,23,24,26). The number of amides is 2. The Morgan fingerprint density at radius 1 is 1.04 bits per heavy atom. The van der Waals surface area contributed by atoms with E-state index >= 15 is 0 Å². The average Bonchev–Trinajstić information content (AvgIpc) is 2.67. The lowest BCUT2D eigenvalue weighted by atomic mass is 10.1. The molecule has 1 saturated heterocycles. The zero-order valence-corrected chi connectivity index (χ0v) is 16.2. The quantitative estimate of drug-likeness (QED) is 0.772. The largest absolute Gasteiger partial charge is 0.457 e. The highest BCUT2D eigenvalue weighted by atomic mass is 16.5. The van der Waals surface area contributed by atoms with Crippen molar-refractivity contribution in [2.75, 3.05) is 25.0 Å². The van der Waals surface area contributed by atoms with Crippen LogP contribution in [0.3, 0.4) is 0 Å². The summed E-state index contributed by atoms with van der Waals surface area (Å²) >= 11 is 0. The third-order valence-corrected chi connectivity index (χ3v) is 4.83. The summed E-state index contributed by atoms with van der Waals surface area (Å²) in [5.41, 5.74) is 1.95. The predicted octanol–water partition coefficient (Wildman–Crippen LogP) is 4.78. The molecule has 0 spiro atoms. The smallest absolute Gasteiger partial charge is 0.319 e. The Balaban J connectivity index is 1.45. The number of hydrogen-bond acceptors (Lipinski definition) is 3. The number of likely N-dealkylation sites (tertiary alicyclic amines) is 1. The van der Waals surface area contributed by atoms with Gasteiger partial charge in [-0.25, -0.2) is 4.79 Å². The summed E-state index contributed by atoms with van der Waals surface area (Å²) in [4.78, 5) is 14.7. The summed E-state index contributed by atoms with van der Waals surface area (Å²) in [6.45, 7) is 7.52. The average molecular weight is 367 g/mol. The van der Waals surface area contributed by atoms with Crippen LogP contribution in [0.4, 0.5) is 10.5 Å². The van der Waals surface area contributed by atoms with Crippen LogP contribution in [0.2, 0.25) is 0 Å². The Labute approximate surface area is 161 Å². The molecule has 0 aliphatic carbocycles. The molecule has 3 rings (SSSR count). The molecule has 0 aromatic heterocycles. The van der Waals surface area contributed by atoms with E-state index in [9.17, 15) is 4.79 Å². The summed E-state index contributed by atoms with van der Waals surface area (Å²) in [7, 11) is 0. The van der Waals surface area contributed by atoms with Crippen molar-refractivity contribution in [1.29, 1.82) is 0 Å². The lowest BCUT2D eigenvalue weighted by molar-refractivity contribution is 0.196. The second-order valence-corrected chi connectivity index (χ2v) is 7.15. The maximum atomic E-state index is 12.2. The van der Waals surface area contributed by atoms with Gasteiger partial charge in [0.2, 0.25) is 0 Å². The van der Waals surface area contributed by atoms with Crippen LogP contribution in [0.25, 0.3) is 0 Å². The number of carbonyl (C=O) groups excluding carboxylic acids is 1. The maximum Gasteiger partial charge on any atom is 0.319 e. The van der Waals surface area contributed by atoms with E-state index in [4.69, 9.17) is 4.74 Å². The normalized spacial score (nSPS) is 15.3. The van der Waals surface area contributed by atoms with E-state index in [0.29, 0.717) is 0 Å². The van der Waals surface area contributed by atoms with Crippen LogP contribution < -0.4 is 15.4 Å². The van der Waals surface area contributed by atoms with Crippen LogP contribution in [0.15, 0.2) is 48.5 Å². The number of aryl methyl sites for hydroxylation is 1. The van der Waals surface area contributed by atoms with Gasteiger partial charge in [-0.05, 0) is 69.1 Å². The Morgan fingerprint density at radius 2 is 1.63 bits per heavy atom. The van der Waals surface area contributed by atoms with Gasteiger partial charge in [0.1, 0.15) is 11.5 Å². The van der Waals surface area contributed by atoms with E-state index in [1.807, 2.05) is 55.5 Å². The SMILES string of the molecule is CCCN1CCC(NC(=O)Nc2ccc(Oc3ccc(C)cc3)cc2)CC1. The fourth-order valence-electron chi connectivity index (χ4n) is 3.32. The molecule has 5 heteroatoms. The number of piperidine rings is 1. The Bertz CT molecular complexity index is 720. The molecule has 1 aliphatic heterocycles. The summed E-state index contributed by atoms with van der Waals surface area (Å²) < 4.78 is 5.81. The van der Waals surface area contributed by atoms with Crippen molar-refractivity contribution in [2.45, 2.75) is 39.2 Å². The fraction of sp³-hybridized carbons (Fsp3) is 0.409. The highest BCUT2D eigenvalue weighted by molar-refractivity contribution is 5.89. The second-order valence-electron chi connectivity index (χ2n) is 7.15. The molecule has 1 heterocycles. The van der Waals surface area contributed by atoms with E-state index < -0.39 is 0 Å². The van der Waals surface area contributed by atoms with E-state index in [-0.39, 0.29) is 12.1 Å². The zero-order valence-electron chi connectivity index (χ0n) is 16.2. The molecule has 1 aliphatic rings. The summed E-state index contributed by atoms with van der Waals surface area (Å²) in [5, 5.41) is 5.99. The number of carbonyl (C=O) groups is 1. The topological polar surface area (TPSA) is 53.6 Å². The van der Waals surface area contributed by atoms with Crippen LogP contribution in [0, 0.1) is 6.92 Å². The molecule has 1 fully saturated rings. The lowest BCUT2D eigenvalue weighted by Crippen LogP contribution is -2.46. The first kappa shape index (κ1) is 19.2. The van der Waals surface area contributed by atoms with Crippen molar-refractivity contribution in [2.24, 2.45) is 0 Å². The van der Waals surface area contributed by atoms with Gasteiger partial charge in [0.15, 0.2) is 0 Å². The number of nitrogens with zero attached hydrogens (tertiary/aromatic N) is 1. The van der Waals surface area contributed by atoms with Crippen molar-refractivity contribution in [3.63, 3.8) is 0 Å². The number of urea groups is 1. The minimum absolute atomic E-state index is 0.142. The van der Waals surface area contributed by atoms with Gasteiger partial charge in [-0.2, -0.15) is 0 Å². The maximum absolute atomic E-state index is 12.2. The zero-order chi connectivity index (χ0) is 19.1. The molecular weight excluding hydrogens is 338 g/mol. The number of ether oxygens (including phenoxy) is 1. The van der Waals surface area contributed by atoms with Crippen LogP contribution in [-0.4, -0.2) is 36.6 Å². The van der Waals surface area contributed by atoms with Crippen LogP contribution in [-0.2, 0) is 0 Å². The Hall–Kier alpha value is -2.53. The molecule has 0 bridgehead atoms. The number of nitrogens with one attached hydrogen (secondary N) is 2. The van der Waals surface area contributed by atoms with Crippen molar-refractivity contribution >= 4 is 11.7 Å². The fourth-order valence-corrected chi connectivity index (χ4v) is 3.32. The second kappa shape index (κ2) is 9.42. The van der Waals surface area contributed by atoms with Crippen LogP contribution >= 0.6 is 0 Å². The molecule has 0 saturated carbocycles. The van der Waals surface area contributed by atoms with Crippen molar-refractivity contribution in [1.82, 2.24) is 10.2 Å². The molecule has 2 aromatic carbocycles. The van der Waals surface area contributed by atoms with E-state index in [2.05, 4.69) is 22.5 Å². The minimum atomic E-state index is -0.142. The van der Waals surface area contributed by atoms with Crippen molar-refractivity contribution in [3.05, 3.63) is 54.1 Å². The minimum Gasteiger partial charge on any atom is -0.457 e. The summed E-state index contributed by atoms with van der Waals surface area (Å²) in [5.74, 6) is 1.54. The van der Waals surface area contributed by atoms with Gasteiger partial charge in [-0.1, -0.05) is 24.6 Å². The summed E-state index contributed by atoms with van der Waals surface area (Å²) in [6, 6.07) is 15.5. The van der Waals surface area contributed by atoms with E-state index in [1.54, 1.807) is 0 Å². The Morgan fingerprint density at radius 3 is 2.22 bits per heavy atom. The molecule has 0 atom stereocenters. The highest BCUT2D eigenvalue weighted by Crippen LogP contribution is 2.23. The van der Waals surface area contributed by atoms with Gasteiger partial charge < -0.3 is 20.3 Å². The highest BCUT2D eigenvalue weighted by Gasteiger charge is 2.19. The van der Waals surface area contributed by atoms with Crippen LogP contribution in [0.1, 0.15) is 31.7 Å². The molecule has 5 nitrogen and oxygen atoms in total. The molecule has 0 radical (unpaired) electrons. The molecule has 2 amide bonds. The van der Waals surface area contributed by atoms with Gasteiger partial charge in [0.05, 0.1) is 0 Å². The van der Waals surface area contributed by atoms with Gasteiger partial charge in [0.25, 0.3) is 0 Å². The number of hydrogen-bond donors (Lipinski definition) is 2. The molecule has 144 valence electrons. The van der Waals surface area contributed by atoms with Gasteiger partial charge in [-0.15, -0.1) is 0 Å². The predicted molar refractivity (Wildman–Crippen MR) is 110 cm³/mol. The van der Waals surface area contributed by atoms with Crippen molar-refractivity contribution < 1.29 is 9.53 Å². The molecule has 2 aromatic rings. The first-order valence-electron chi connectivity index (χ1n) is 9.77. The van der Waals surface area contributed by atoms with Crippen LogP contribution in [0.5, 0.6) is 11.5 Å². The monoisotopic (exact) mass is 367 g/mol. The van der Waals surface area contributed by atoms with E-state index in [1.165, 1.54) is 12.0 Å². The van der Waals surface area contributed by atoms with Gasteiger partial charge in [-0.3, -0.25) is 0 Å². The third-order valence-electron chi connectivity index (χ3n) is 4.83. The molecular formula is C22H29N3O2. The lowest BCUT2D eigenvalue weighted by Gasteiger charge is -2.32. The number of rotatable bonds is 6. The molecule has 27 heavy (non-hydrogen) atoms. The number of anilines is 1. The first-order valence-corrected chi connectivity index (χ1v) is 9.77. The Kier molecular flexibility index (Phi) is 6.71. The third kappa shape index (κ3) is 6.00. The summed E-state index contributed by atoms with van der Waals surface area (Å²) in [6.07, 6.45) is 3.20.